The first-order valence-corrected chi connectivity index (χ1v) is 5.57. The molecular weight excluding hydrogens is 246 g/mol. The Bertz CT molecular complexity index is 595. The number of para-hydroxylation sites is 1. The van der Waals surface area contributed by atoms with Gasteiger partial charge in [0.2, 0.25) is 5.88 Å². The Morgan fingerprint density at radius 2 is 1.74 bits per heavy atom. The van der Waals surface area contributed by atoms with E-state index in [1.165, 1.54) is 25.3 Å². The lowest BCUT2D eigenvalue weighted by atomic mass is 10.2. The third kappa shape index (κ3) is 3.38. The molecule has 0 aliphatic heterocycles. The maximum absolute atomic E-state index is 12.0. The van der Waals surface area contributed by atoms with E-state index in [4.69, 9.17) is 9.47 Å². The third-order valence-electron chi connectivity index (χ3n) is 2.20. The van der Waals surface area contributed by atoms with Gasteiger partial charge in [0.25, 0.3) is 0 Å². The molecule has 0 bridgehead atoms. The van der Waals surface area contributed by atoms with Gasteiger partial charge in [0.15, 0.2) is 0 Å². The van der Waals surface area contributed by atoms with Crippen LogP contribution < -0.4 is 9.47 Å². The number of carbonyl (C=O) groups is 2. The quantitative estimate of drug-likeness (QED) is 0.623. The molecule has 5 nitrogen and oxygen atoms in total. The van der Waals surface area contributed by atoms with E-state index < -0.39 is 11.9 Å². The normalized spacial score (nSPS) is 9.74. The molecular formula is C14H11NO4. The molecule has 0 saturated carbocycles. The van der Waals surface area contributed by atoms with Gasteiger partial charge in [0.1, 0.15) is 11.3 Å². The highest BCUT2D eigenvalue weighted by Crippen LogP contribution is 2.20. The molecule has 2 rings (SSSR count). The lowest BCUT2D eigenvalue weighted by Gasteiger charge is -2.07. The summed E-state index contributed by atoms with van der Waals surface area (Å²) in [4.78, 5) is 26.8. The fourth-order valence-corrected chi connectivity index (χ4v) is 1.44. The van der Waals surface area contributed by atoms with Gasteiger partial charge >= 0.3 is 11.9 Å². The second-order valence-electron chi connectivity index (χ2n) is 3.65. The fourth-order valence-electron chi connectivity index (χ4n) is 1.44. The molecule has 19 heavy (non-hydrogen) atoms. The van der Waals surface area contributed by atoms with Crippen molar-refractivity contribution >= 4 is 11.9 Å². The summed E-state index contributed by atoms with van der Waals surface area (Å²) in [5, 5.41) is 0. The van der Waals surface area contributed by atoms with Gasteiger partial charge < -0.3 is 9.47 Å². The minimum absolute atomic E-state index is 0.163. The number of benzene rings is 1. The summed E-state index contributed by atoms with van der Waals surface area (Å²) >= 11 is 0. The molecule has 0 atom stereocenters. The van der Waals surface area contributed by atoms with Crippen LogP contribution in [0.1, 0.15) is 17.3 Å². The van der Waals surface area contributed by atoms with Gasteiger partial charge in [-0.2, -0.15) is 0 Å². The van der Waals surface area contributed by atoms with Crippen LogP contribution in [0.15, 0.2) is 48.7 Å². The van der Waals surface area contributed by atoms with Crippen molar-refractivity contribution < 1.29 is 19.1 Å². The van der Waals surface area contributed by atoms with Crippen LogP contribution in [0.3, 0.4) is 0 Å². The Morgan fingerprint density at radius 3 is 2.42 bits per heavy atom. The molecule has 96 valence electrons. The van der Waals surface area contributed by atoms with Crippen molar-refractivity contribution in [1.29, 1.82) is 0 Å². The summed E-state index contributed by atoms with van der Waals surface area (Å²) in [6.45, 7) is 1.26. The second kappa shape index (κ2) is 5.77. The van der Waals surface area contributed by atoms with Crippen molar-refractivity contribution in [2.75, 3.05) is 0 Å². The topological polar surface area (TPSA) is 65.5 Å². The number of nitrogens with zero attached hydrogens (tertiary/aromatic N) is 1. The van der Waals surface area contributed by atoms with E-state index in [1.54, 1.807) is 30.3 Å². The summed E-state index contributed by atoms with van der Waals surface area (Å²) in [6.07, 6.45) is 1.51. The molecule has 0 saturated heterocycles. The number of rotatable bonds is 3. The van der Waals surface area contributed by atoms with Gasteiger partial charge in [-0.15, -0.1) is 0 Å². The first-order valence-electron chi connectivity index (χ1n) is 5.57. The summed E-state index contributed by atoms with van der Waals surface area (Å²) < 4.78 is 10.0. The monoisotopic (exact) mass is 257 g/mol. The zero-order valence-corrected chi connectivity index (χ0v) is 10.2. The largest absolute Gasteiger partial charge is 0.426 e. The Hall–Kier alpha value is -2.69. The number of aromatic nitrogens is 1. The highest BCUT2D eigenvalue weighted by atomic mass is 16.6. The molecule has 0 radical (unpaired) electrons. The van der Waals surface area contributed by atoms with Crippen LogP contribution in [0.4, 0.5) is 0 Å². The van der Waals surface area contributed by atoms with Crippen molar-refractivity contribution in [3.05, 3.63) is 54.2 Å². The summed E-state index contributed by atoms with van der Waals surface area (Å²) in [5.74, 6) is -0.783. The Kier molecular flexibility index (Phi) is 3.87. The average Bonchev–Trinajstić information content (AvgIpc) is 2.39. The molecule has 0 fully saturated rings. The highest BCUT2D eigenvalue weighted by molar-refractivity contribution is 5.94. The van der Waals surface area contributed by atoms with Crippen molar-refractivity contribution in [3.63, 3.8) is 0 Å². The molecule has 1 heterocycles. The molecule has 1 aromatic carbocycles. The summed E-state index contributed by atoms with van der Waals surface area (Å²) in [7, 11) is 0. The number of ether oxygens (including phenoxy) is 2. The predicted molar refractivity (Wildman–Crippen MR) is 66.9 cm³/mol. The smallest absolute Gasteiger partial charge is 0.348 e. The third-order valence-corrected chi connectivity index (χ3v) is 2.20. The van der Waals surface area contributed by atoms with Gasteiger partial charge in [0.05, 0.1) is 0 Å². The molecule has 0 N–H and O–H groups in total. The Labute approximate surface area is 109 Å². The first kappa shape index (κ1) is 12.8. The highest BCUT2D eigenvalue weighted by Gasteiger charge is 2.15. The maximum Gasteiger partial charge on any atom is 0.348 e. The lowest BCUT2D eigenvalue weighted by Crippen LogP contribution is -2.13. The minimum atomic E-state index is -0.629. The Morgan fingerprint density at radius 1 is 1.00 bits per heavy atom. The van der Waals surface area contributed by atoms with Gasteiger partial charge in [-0.25, -0.2) is 9.78 Å². The molecule has 1 aromatic heterocycles. The molecule has 0 aliphatic carbocycles. The number of hydrogen-bond acceptors (Lipinski definition) is 5. The fraction of sp³-hybridized carbons (Fsp3) is 0.0714. The molecule has 5 heteroatoms. The maximum atomic E-state index is 12.0. The van der Waals surface area contributed by atoms with Crippen molar-refractivity contribution in [2.24, 2.45) is 0 Å². The van der Waals surface area contributed by atoms with Crippen LogP contribution in [0.25, 0.3) is 0 Å². The predicted octanol–water partition coefficient (Wildman–Crippen LogP) is 2.23. The van der Waals surface area contributed by atoms with E-state index in [9.17, 15) is 9.59 Å². The molecule has 0 unspecified atom stereocenters. The molecule has 0 amide bonds. The Balaban J connectivity index is 2.21. The molecule has 0 aliphatic rings. The van der Waals surface area contributed by atoms with Crippen LogP contribution in [0.2, 0.25) is 0 Å². The van der Waals surface area contributed by atoms with Gasteiger partial charge in [-0.1, -0.05) is 18.2 Å². The average molecular weight is 257 g/mol. The minimum Gasteiger partial charge on any atom is -0.426 e. The number of hydrogen-bond donors (Lipinski definition) is 0. The standard InChI is InChI=1S/C14H11NO4/c1-10(16)18-12-7-3-2-6-11(12)14(17)19-13-8-4-5-9-15-13/h2-9H,1H3. The van der Waals surface area contributed by atoms with Crippen LogP contribution in [0, 0.1) is 0 Å². The van der Waals surface area contributed by atoms with Crippen molar-refractivity contribution in [3.8, 4) is 11.6 Å². The van der Waals surface area contributed by atoms with Crippen LogP contribution in [-0.2, 0) is 4.79 Å². The van der Waals surface area contributed by atoms with Crippen LogP contribution >= 0.6 is 0 Å². The molecule has 0 spiro atoms. The van der Waals surface area contributed by atoms with E-state index in [1.807, 2.05) is 0 Å². The van der Waals surface area contributed by atoms with Gasteiger partial charge in [-0.05, 0) is 18.2 Å². The van der Waals surface area contributed by atoms with Crippen molar-refractivity contribution in [2.45, 2.75) is 6.92 Å². The van der Waals surface area contributed by atoms with E-state index >= 15 is 0 Å². The van der Waals surface area contributed by atoms with Crippen molar-refractivity contribution in [1.82, 2.24) is 4.98 Å². The summed E-state index contributed by atoms with van der Waals surface area (Å²) in [6, 6.07) is 11.3. The number of carbonyl (C=O) groups excluding carboxylic acids is 2. The number of pyridine rings is 1. The molecule has 2 aromatic rings. The van der Waals surface area contributed by atoms with Crippen LogP contribution in [0.5, 0.6) is 11.6 Å². The first-order chi connectivity index (χ1) is 9.16. The SMILES string of the molecule is CC(=O)Oc1ccccc1C(=O)Oc1ccccn1. The van der Waals surface area contributed by atoms with E-state index in [-0.39, 0.29) is 17.2 Å². The lowest BCUT2D eigenvalue weighted by molar-refractivity contribution is -0.131. The van der Waals surface area contributed by atoms with Gasteiger partial charge in [-0.3, -0.25) is 4.79 Å². The van der Waals surface area contributed by atoms with E-state index in [0.29, 0.717) is 0 Å². The number of esters is 2. The van der Waals surface area contributed by atoms with E-state index in [0.717, 1.165) is 0 Å². The van der Waals surface area contributed by atoms with E-state index in [2.05, 4.69) is 4.98 Å². The summed E-state index contributed by atoms with van der Waals surface area (Å²) in [5.41, 5.74) is 0.170. The zero-order chi connectivity index (χ0) is 13.7. The van der Waals surface area contributed by atoms with Crippen LogP contribution in [-0.4, -0.2) is 16.9 Å². The van der Waals surface area contributed by atoms with Gasteiger partial charge in [0, 0.05) is 19.2 Å². The second-order valence-corrected chi connectivity index (χ2v) is 3.65. The zero-order valence-electron chi connectivity index (χ0n) is 10.2.